The summed E-state index contributed by atoms with van der Waals surface area (Å²) in [5.74, 6) is -0.277. The molecule has 0 aromatic rings. The molecular formula is C9H15NO3. The number of hydrogen-bond acceptors (Lipinski definition) is 3. The minimum Gasteiger partial charge on any atom is -0.393 e. The Morgan fingerprint density at radius 2 is 2.15 bits per heavy atom. The second kappa shape index (κ2) is 4.39. The first-order valence-electron chi connectivity index (χ1n) is 4.39. The number of nitrogens with one attached hydrogen (secondary N) is 1. The van der Waals surface area contributed by atoms with Gasteiger partial charge in [0.15, 0.2) is 0 Å². The van der Waals surface area contributed by atoms with Crippen molar-refractivity contribution in [2.45, 2.75) is 25.0 Å². The summed E-state index contributed by atoms with van der Waals surface area (Å²) in [7, 11) is 1.55. The number of likely N-dealkylation sites (N-methyl/N-ethyl adjacent to an activating group) is 1. The summed E-state index contributed by atoms with van der Waals surface area (Å²) < 4.78 is 0. The van der Waals surface area contributed by atoms with Gasteiger partial charge in [-0.1, -0.05) is 6.08 Å². The molecule has 0 aliphatic heterocycles. The van der Waals surface area contributed by atoms with Gasteiger partial charge < -0.3 is 15.5 Å². The highest BCUT2D eigenvalue weighted by Crippen LogP contribution is 2.26. The minimum absolute atomic E-state index is 0.0905. The Hall–Kier alpha value is -0.870. The lowest BCUT2D eigenvalue weighted by Gasteiger charge is -2.07. The van der Waals surface area contributed by atoms with Crippen molar-refractivity contribution in [2.24, 2.45) is 5.92 Å². The van der Waals surface area contributed by atoms with Gasteiger partial charge in [0.05, 0.1) is 12.2 Å². The molecule has 1 aliphatic rings. The van der Waals surface area contributed by atoms with Crippen LogP contribution in [0.5, 0.6) is 0 Å². The van der Waals surface area contributed by atoms with E-state index >= 15 is 0 Å². The fourth-order valence-electron chi connectivity index (χ4n) is 1.52. The quantitative estimate of drug-likeness (QED) is 0.504. The van der Waals surface area contributed by atoms with E-state index in [-0.39, 0.29) is 11.8 Å². The number of aliphatic hydroxyl groups excluding tert-OH is 2. The van der Waals surface area contributed by atoms with Crippen LogP contribution in [-0.2, 0) is 4.79 Å². The molecule has 1 amide bonds. The van der Waals surface area contributed by atoms with Crippen molar-refractivity contribution in [3.63, 3.8) is 0 Å². The van der Waals surface area contributed by atoms with Crippen LogP contribution in [0.3, 0.4) is 0 Å². The average molecular weight is 185 g/mol. The summed E-state index contributed by atoms with van der Waals surface area (Å²) in [6.45, 7) is 0. The fraction of sp³-hybridized carbons (Fsp3) is 0.667. The fourth-order valence-corrected chi connectivity index (χ4v) is 1.52. The highest BCUT2D eigenvalue weighted by molar-refractivity contribution is 5.87. The molecule has 0 spiro atoms. The number of hydrogen-bond donors (Lipinski definition) is 3. The van der Waals surface area contributed by atoms with Crippen LogP contribution in [-0.4, -0.2) is 35.4 Å². The third-order valence-corrected chi connectivity index (χ3v) is 2.29. The summed E-state index contributed by atoms with van der Waals surface area (Å²) in [5.41, 5.74) is 0. The van der Waals surface area contributed by atoms with E-state index in [2.05, 4.69) is 5.32 Å². The van der Waals surface area contributed by atoms with Crippen LogP contribution in [0.2, 0.25) is 0 Å². The molecule has 0 heterocycles. The maximum atomic E-state index is 10.8. The number of carbonyl (C=O) groups is 1. The average Bonchev–Trinajstić information content (AvgIpc) is 2.41. The largest absolute Gasteiger partial charge is 0.393 e. The van der Waals surface area contributed by atoms with Gasteiger partial charge in [-0.25, -0.2) is 0 Å². The van der Waals surface area contributed by atoms with E-state index in [9.17, 15) is 15.0 Å². The normalized spacial score (nSPS) is 33.9. The summed E-state index contributed by atoms with van der Waals surface area (Å²) >= 11 is 0. The van der Waals surface area contributed by atoms with E-state index in [4.69, 9.17) is 0 Å². The molecule has 4 nitrogen and oxygen atoms in total. The number of rotatable bonds is 2. The molecule has 0 aromatic carbocycles. The molecule has 3 atom stereocenters. The number of amides is 1. The first-order chi connectivity index (χ1) is 6.13. The van der Waals surface area contributed by atoms with Gasteiger partial charge in [-0.15, -0.1) is 0 Å². The molecule has 0 aromatic heterocycles. The first kappa shape index (κ1) is 10.2. The summed E-state index contributed by atoms with van der Waals surface area (Å²) in [5, 5.41) is 21.0. The zero-order valence-corrected chi connectivity index (χ0v) is 7.60. The summed E-state index contributed by atoms with van der Waals surface area (Å²) in [4.78, 5) is 10.8. The lowest BCUT2D eigenvalue weighted by molar-refractivity contribution is -0.116. The Balaban J connectivity index is 2.45. The van der Waals surface area contributed by atoms with Crippen molar-refractivity contribution in [1.29, 1.82) is 0 Å². The Labute approximate surface area is 77.3 Å². The summed E-state index contributed by atoms with van der Waals surface area (Å²) in [6, 6.07) is 0. The number of aliphatic hydroxyl groups is 2. The van der Waals surface area contributed by atoms with Crippen LogP contribution in [0.15, 0.2) is 12.2 Å². The molecule has 13 heavy (non-hydrogen) atoms. The Kier molecular flexibility index (Phi) is 3.45. The van der Waals surface area contributed by atoms with Crippen LogP contribution in [0, 0.1) is 5.92 Å². The molecule has 0 unspecified atom stereocenters. The van der Waals surface area contributed by atoms with Gasteiger partial charge >= 0.3 is 0 Å². The molecule has 1 rings (SSSR count). The minimum atomic E-state index is -0.518. The highest BCUT2D eigenvalue weighted by Gasteiger charge is 2.29. The third kappa shape index (κ3) is 2.82. The van der Waals surface area contributed by atoms with Gasteiger partial charge in [0.1, 0.15) is 0 Å². The van der Waals surface area contributed by atoms with Crippen LogP contribution in [0.4, 0.5) is 0 Å². The monoisotopic (exact) mass is 185 g/mol. The molecule has 4 heteroatoms. The van der Waals surface area contributed by atoms with Crippen molar-refractivity contribution in [2.75, 3.05) is 7.05 Å². The smallest absolute Gasteiger partial charge is 0.243 e. The van der Waals surface area contributed by atoms with Gasteiger partial charge in [0.25, 0.3) is 0 Å². The van der Waals surface area contributed by atoms with Crippen LogP contribution in [0.1, 0.15) is 12.8 Å². The third-order valence-electron chi connectivity index (χ3n) is 2.29. The second-order valence-electron chi connectivity index (χ2n) is 3.33. The van der Waals surface area contributed by atoms with E-state index in [0.29, 0.717) is 12.8 Å². The molecule has 0 bridgehead atoms. The first-order valence-corrected chi connectivity index (χ1v) is 4.39. The molecule has 0 saturated heterocycles. The Bertz CT molecular complexity index is 215. The molecule has 74 valence electrons. The lowest BCUT2D eigenvalue weighted by Crippen LogP contribution is -2.16. The predicted molar refractivity (Wildman–Crippen MR) is 47.9 cm³/mol. The molecule has 3 N–H and O–H groups in total. The van der Waals surface area contributed by atoms with Crippen molar-refractivity contribution in [3.8, 4) is 0 Å². The zero-order chi connectivity index (χ0) is 9.84. The molecule has 1 saturated carbocycles. The number of carbonyl (C=O) groups excluding carboxylic acids is 1. The van der Waals surface area contributed by atoms with Crippen molar-refractivity contribution < 1.29 is 15.0 Å². The molecule has 1 fully saturated rings. The standard InChI is InChI=1S/C9H15NO3/c1-10-9(13)3-2-6-4-7(11)5-8(6)12/h2-3,6-8,11-12H,4-5H2,1H3,(H,10,13)/b3-2+/t6-,7+,8+/m0/s1. The SMILES string of the molecule is CNC(=O)/C=C/[C@H]1C[C@@H](O)C[C@H]1O. The van der Waals surface area contributed by atoms with E-state index in [1.807, 2.05) is 0 Å². The van der Waals surface area contributed by atoms with Crippen LogP contribution < -0.4 is 5.32 Å². The lowest BCUT2D eigenvalue weighted by atomic mass is 10.1. The van der Waals surface area contributed by atoms with Crippen molar-refractivity contribution in [3.05, 3.63) is 12.2 Å². The Morgan fingerprint density at radius 1 is 1.46 bits per heavy atom. The maximum Gasteiger partial charge on any atom is 0.243 e. The van der Waals surface area contributed by atoms with Crippen molar-refractivity contribution >= 4 is 5.91 Å². The maximum absolute atomic E-state index is 10.8. The van der Waals surface area contributed by atoms with E-state index in [1.54, 1.807) is 13.1 Å². The van der Waals surface area contributed by atoms with E-state index in [0.717, 1.165) is 0 Å². The van der Waals surface area contributed by atoms with Gasteiger partial charge in [0.2, 0.25) is 5.91 Å². The van der Waals surface area contributed by atoms with Crippen LogP contribution >= 0.6 is 0 Å². The summed E-state index contributed by atoms with van der Waals surface area (Å²) in [6.07, 6.45) is 3.04. The zero-order valence-electron chi connectivity index (χ0n) is 7.60. The van der Waals surface area contributed by atoms with Gasteiger partial charge in [-0.2, -0.15) is 0 Å². The van der Waals surface area contributed by atoms with E-state index < -0.39 is 12.2 Å². The topological polar surface area (TPSA) is 69.6 Å². The Morgan fingerprint density at radius 3 is 2.62 bits per heavy atom. The van der Waals surface area contributed by atoms with E-state index in [1.165, 1.54) is 6.08 Å². The molecular weight excluding hydrogens is 170 g/mol. The van der Waals surface area contributed by atoms with Crippen molar-refractivity contribution in [1.82, 2.24) is 5.32 Å². The second-order valence-corrected chi connectivity index (χ2v) is 3.33. The van der Waals surface area contributed by atoms with Gasteiger partial charge in [-0.05, 0) is 18.9 Å². The van der Waals surface area contributed by atoms with Gasteiger partial charge in [0, 0.05) is 13.0 Å². The molecule has 1 aliphatic carbocycles. The molecule has 0 radical (unpaired) electrons. The highest BCUT2D eigenvalue weighted by atomic mass is 16.3. The predicted octanol–water partition coefficient (Wildman–Crippen LogP) is -0.580. The van der Waals surface area contributed by atoms with Crippen LogP contribution in [0.25, 0.3) is 0 Å². The van der Waals surface area contributed by atoms with Gasteiger partial charge in [-0.3, -0.25) is 4.79 Å².